The molecule has 1 aromatic rings. The summed E-state index contributed by atoms with van der Waals surface area (Å²) in [7, 11) is 0. The number of hydrogen-bond acceptors (Lipinski definition) is 4. The molecule has 6 nitrogen and oxygen atoms in total. The molecule has 2 rings (SSSR count). The molecule has 1 fully saturated rings. The van der Waals surface area contributed by atoms with Crippen LogP contribution in [0, 0.1) is 0 Å². The lowest BCUT2D eigenvalue weighted by molar-refractivity contribution is 0.117. The maximum atomic E-state index is 11.9. The first-order valence-corrected chi connectivity index (χ1v) is 8.30. The first-order chi connectivity index (χ1) is 10.6. The average molecular weight is 309 g/mol. The van der Waals surface area contributed by atoms with Crippen LogP contribution in [0.5, 0.6) is 0 Å². The molecule has 0 unspecified atom stereocenters. The van der Waals surface area contributed by atoms with E-state index in [0.717, 1.165) is 44.2 Å². The highest BCUT2D eigenvalue weighted by atomic mass is 16.5. The van der Waals surface area contributed by atoms with Crippen molar-refractivity contribution >= 4 is 6.03 Å². The first kappa shape index (κ1) is 16.8. The first-order valence-electron chi connectivity index (χ1n) is 8.30. The molecule has 2 amide bonds. The Kier molecular flexibility index (Phi) is 6.24. The maximum Gasteiger partial charge on any atom is 0.315 e. The van der Waals surface area contributed by atoms with Crippen LogP contribution in [0.1, 0.15) is 69.7 Å². The van der Waals surface area contributed by atoms with E-state index in [1.807, 2.05) is 6.07 Å². The third-order valence-corrected chi connectivity index (χ3v) is 4.44. The van der Waals surface area contributed by atoms with Crippen LogP contribution in [0.3, 0.4) is 0 Å². The number of aliphatic hydroxyl groups is 1. The maximum absolute atomic E-state index is 11.9. The summed E-state index contributed by atoms with van der Waals surface area (Å²) < 4.78 is 5.28. The molecule has 0 aliphatic heterocycles. The van der Waals surface area contributed by atoms with E-state index < -0.39 is 0 Å². The number of aliphatic hydroxyl groups excluding tert-OH is 1. The van der Waals surface area contributed by atoms with Gasteiger partial charge in [-0.2, -0.15) is 0 Å². The van der Waals surface area contributed by atoms with E-state index >= 15 is 0 Å². The zero-order chi connectivity index (χ0) is 15.9. The molecular weight excluding hydrogens is 282 g/mol. The Morgan fingerprint density at radius 1 is 1.36 bits per heavy atom. The third kappa shape index (κ3) is 4.73. The molecule has 0 atom stereocenters. The second-order valence-corrected chi connectivity index (χ2v) is 6.06. The van der Waals surface area contributed by atoms with Crippen LogP contribution < -0.4 is 10.6 Å². The molecular formula is C16H27N3O3. The standard InChI is InChI=1S/C16H27N3O3/c1-3-11(4-2)15-9-14(22-19-15)10-17-16(21)18-12-5-7-13(20)8-6-12/h9,11-13,20H,3-8,10H2,1-2H3,(H2,17,18,21). The molecule has 0 radical (unpaired) electrons. The van der Waals surface area contributed by atoms with Gasteiger partial charge in [-0.25, -0.2) is 4.79 Å². The predicted octanol–water partition coefficient (Wildman–Crippen LogP) is 2.68. The normalized spacial score (nSPS) is 21.8. The highest BCUT2D eigenvalue weighted by molar-refractivity contribution is 5.74. The van der Waals surface area contributed by atoms with Crippen LogP contribution in [-0.2, 0) is 6.54 Å². The SMILES string of the molecule is CCC(CC)c1cc(CNC(=O)NC2CCC(O)CC2)on1. The minimum atomic E-state index is -0.209. The van der Waals surface area contributed by atoms with Gasteiger partial charge in [0.05, 0.1) is 18.3 Å². The topological polar surface area (TPSA) is 87.4 Å². The quantitative estimate of drug-likeness (QED) is 0.754. The molecule has 1 saturated carbocycles. The zero-order valence-electron chi connectivity index (χ0n) is 13.5. The van der Waals surface area contributed by atoms with Gasteiger partial charge in [-0.1, -0.05) is 19.0 Å². The molecule has 3 N–H and O–H groups in total. The van der Waals surface area contributed by atoms with Gasteiger partial charge in [-0.3, -0.25) is 0 Å². The van der Waals surface area contributed by atoms with Gasteiger partial charge in [0.15, 0.2) is 5.76 Å². The number of nitrogens with zero attached hydrogens (tertiary/aromatic N) is 1. The number of aromatic nitrogens is 1. The lowest BCUT2D eigenvalue weighted by Crippen LogP contribution is -2.43. The summed E-state index contributed by atoms with van der Waals surface area (Å²) in [6.07, 6.45) is 5.02. The summed E-state index contributed by atoms with van der Waals surface area (Å²) in [6, 6.07) is 1.88. The molecule has 1 aliphatic carbocycles. The van der Waals surface area contributed by atoms with E-state index in [1.54, 1.807) is 0 Å². The second-order valence-electron chi connectivity index (χ2n) is 6.06. The Morgan fingerprint density at radius 2 is 2.05 bits per heavy atom. The smallest absolute Gasteiger partial charge is 0.315 e. The van der Waals surface area contributed by atoms with Gasteiger partial charge in [0.2, 0.25) is 0 Å². The Bertz CT molecular complexity index is 463. The summed E-state index contributed by atoms with van der Waals surface area (Å²) in [6.45, 7) is 4.61. The highest BCUT2D eigenvalue weighted by Crippen LogP contribution is 2.22. The van der Waals surface area contributed by atoms with E-state index in [-0.39, 0.29) is 18.2 Å². The minimum absolute atomic E-state index is 0.151. The summed E-state index contributed by atoms with van der Waals surface area (Å²) in [4.78, 5) is 11.9. The second kappa shape index (κ2) is 8.17. The van der Waals surface area contributed by atoms with E-state index in [9.17, 15) is 9.90 Å². The Morgan fingerprint density at radius 3 is 2.68 bits per heavy atom. The molecule has 1 aliphatic rings. The van der Waals surface area contributed by atoms with Crippen LogP contribution in [0.15, 0.2) is 10.6 Å². The minimum Gasteiger partial charge on any atom is -0.393 e. The number of rotatable bonds is 6. The van der Waals surface area contributed by atoms with Crippen molar-refractivity contribution in [2.45, 2.75) is 77.0 Å². The van der Waals surface area contributed by atoms with Crippen LogP contribution in [0.4, 0.5) is 4.79 Å². The van der Waals surface area contributed by atoms with Gasteiger partial charge in [0.25, 0.3) is 0 Å². The molecule has 6 heteroatoms. The van der Waals surface area contributed by atoms with Crippen molar-refractivity contribution in [1.29, 1.82) is 0 Å². The van der Waals surface area contributed by atoms with Crippen LogP contribution in [-0.4, -0.2) is 28.4 Å². The number of carbonyl (C=O) groups is 1. The fraction of sp³-hybridized carbons (Fsp3) is 0.750. The largest absolute Gasteiger partial charge is 0.393 e. The number of hydrogen-bond donors (Lipinski definition) is 3. The summed E-state index contributed by atoms with van der Waals surface area (Å²) >= 11 is 0. The Labute approximate surface area is 131 Å². The van der Waals surface area contributed by atoms with Crippen molar-refractivity contribution in [3.8, 4) is 0 Å². The van der Waals surface area contributed by atoms with Crippen LogP contribution >= 0.6 is 0 Å². The number of urea groups is 1. The third-order valence-electron chi connectivity index (χ3n) is 4.44. The lowest BCUT2D eigenvalue weighted by atomic mass is 9.93. The van der Waals surface area contributed by atoms with Crippen molar-refractivity contribution in [1.82, 2.24) is 15.8 Å². The zero-order valence-corrected chi connectivity index (χ0v) is 13.5. The predicted molar refractivity (Wildman–Crippen MR) is 83.5 cm³/mol. The number of amides is 2. The van der Waals surface area contributed by atoms with E-state index in [1.165, 1.54) is 0 Å². The monoisotopic (exact) mass is 309 g/mol. The molecule has 22 heavy (non-hydrogen) atoms. The van der Waals surface area contributed by atoms with Gasteiger partial charge in [-0.15, -0.1) is 0 Å². The number of carbonyl (C=O) groups excluding carboxylic acids is 1. The van der Waals surface area contributed by atoms with Crippen molar-refractivity contribution in [3.63, 3.8) is 0 Å². The molecule has 0 aromatic carbocycles. The fourth-order valence-electron chi connectivity index (χ4n) is 2.94. The molecule has 0 spiro atoms. The number of nitrogens with one attached hydrogen (secondary N) is 2. The highest BCUT2D eigenvalue weighted by Gasteiger charge is 2.21. The summed E-state index contributed by atoms with van der Waals surface area (Å²) in [5, 5.41) is 19.3. The Hall–Kier alpha value is -1.56. The molecule has 1 aromatic heterocycles. The molecule has 0 saturated heterocycles. The molecule has 0 bridgehead atoms. The molecule has 124 valence electrons. The Balaban J connectivity index is 1.74. The van der Waals surface area contributed by atoms with Crippen LogP contribution in [0.25, 0.3) is 0 Å². The molecule has 1 heterocycles. The van der Waals surface area contributed by atoms with Crippen molar-refractivity contribution < 1.29 is 14.4 Å². The van der Waals surface area contributed by atoms with Crippen molar-refractivity contribution in [2.24, 2.45) is 0 Å². The van der Waals surface area contributed by atoms with Crippen molar-refractivity contribution in [2.75, 3.05) is 0 Å². The van der Waals surface area contributed by atoms with Gasteiger partial charge < -0.3 is 20.3 Å². The average Bonchev–Trinajstić information content (AvgIpc) is 2.98. The van der Waals surface area contributed by atoms with Crippen LogP contribution in [0.2, 0.25) is 0 Å². The lowest BCUT2D eigenvalue weighted by Gasteiger charge is -2.26. The summed E-state index contributed by atoms with van der Waals surface area (Å²) in [5.41, 5.74) is 0.962. The van der Waals surface area contributed by atoms with Gasteiger partial charge >= 0.3 is 6.03 Å². The van der Waals surface area contributed by atoms with E-state index in [4.69, 9.17) is 4.52 Å². The van der Waals surface area contributed by atoms with Crippen molar-refractivity contribution in [3.05, 3.63) is 17.5 Å². The van der Waals surface area contributed by atoms with Gasteiger partial charge in [0.1, 0.15) is 0 Å². The van der Waals surface area contributed by atoms with Gasteiger partial charge in [-0.05, 0) is 38.5 Å². The van der Waals surface area contributed by atoms with Gasteiger partial charge in [0, 0.05) is 18.0 Å². The van der Waals surface area contributed by atoms with E-state index in [0.29, 0.717) is 18.2 Å². The fourth-order valence-corrected chi connectivity index (χ4v) is 2.94. The summed E-state index contributed by atoms with van der Waals surface area (Å²) in [5.74, 6) is 1.09. The van der Waals surface area contributed by atoms with E-state index in [2.05, 4.69) is 29.6 Å².